The van der Waals surface area contributed by atoms with Gasteiger partial charge in [-0.15, -0.1) is 0 Å². The number of likely N-dealkylation sites (tertiary alicyclic amines) is 2. The number of ketones is 2. The predicted octanol–water partition coefficient (Wildman–Crippen LogP) is 7.20. The molecule has 6 amide bonds. The van der Waals surface area contributed by atoms with Crippen LogP contribution in [-0.2, 0) is 60.8 Å². The first-order chi connectivity index (χ1) is 36.8. The van der Waals surface area contributed by atoms with Gasteiger partial charge in [0.1, 0.15) is 5.78 Å². The van der Waals surface area contributed by atoms with E-state index in [0.29, 0.717) is 75.8 Å². The number of Topliss-reactive ketones (excluding diaryl/α,β-unsaturated/α-hetero) is 2. The lowest BCUT2D eigenvalue weighted by molar-refractivity contribution is -0.149. The molecule has 0 radical (unpaired) electrons. The van der Waals surface area contributed by atoms with Crippen molar-refractivity contribution < 1.29 is 47.8 Å². The van der Waals surface area contributed by atoms with Crippen molar-refractivity contribution in [2.24, 2.45) is 35.5 Å². The molecule has 2 aromatic carbocycles. The number of carbonyl (C=O) groups excluding carboxylic acids is 8. The summed E-state index contributed by atoms with van der Waals surface area (Å²) < 4.78 is 12.3. The third-order valence-electron chi connectivity index (χ3n) is 17.6. The van der Waals surface area contributed by atoms with E-state index in [4.69, 9.17) is 9.47 Å². The second kappa shape index (κ2) is 28.3. The number of hydrogen-bond donors (Lipinski definition) is 1. The van der Waals surface area contributed by atoms with E-state index in [1.165, 1.54) is 17.1 Å². The Morgan fingerprint density at radius 3 is 2.09 bits per heavy atom. The monoisotopic (exact) mass is 1060 g/mol. The Morgan fingerprint density at radius 2 is 1.48 bits per heavy atom. The third-order valence-corrected chi connectivity index (χ3v) is 17.6. The van der Waals surface area contributed by atoms with Crippen LogP contribution in [0, 0.1) is 35.5 Å². The van der Waals surface area contributed by atoms with Gasteiger partial charge in [0.2, 0.25) is 23.6 Å². The zero-order valence-electron chi connectivity index (χ0n) is 47.6. The van der Waals surface area contributed by atoms with Gasteiger partial charge in [-0.1, -0.05) is 89.9 Å². The number of amides is 6. The molecule has 422 valence electrons. The normalized spacial score (nSPS) is 22.0. The first-order valence-corrected chi connectivity index (χ1v) is 28.4. The highest BCUT2D eigenvalue weighted by Crippen LogP contribution is 2.43. The van der Waals surface area contributed by atoms with E-state index in [2.05, 4.69) is 24.1 Å². The fourth-order valence-electron chi connectivity index (χ4n) is 12.7. The molecule has 1 saturated carbocycles. The second-order valence-electron chi connectivity index (χ2n) is 22.8. The maximum atomic E-state index is 14.6. The maximum Gasteiger partial charge on any atom is 0.253 e. The van der Waals surface area contributed by atoms with Crippen LogP contribution in [0.15, 0.2) is 66.7 Å². The molecular weight excluding hydrogens is 977 g/mol. The van der Waals surface area contributed by atoms with E-state index in [-0.39, 0.29) is 84.1 Å². The van der Waals surface area contributed by atoms with Crippen molar-refractivity contribution >= 4 is 52.7 Å². The van der Waals surface area contributed by atoms with Gasteiger partial charge in [0, 0.05) is 109 Å². The van der Waals surface area contributed by atoms with Crippen molar-refractivity contribution in [1.29, 1.82) is 0 Å². The lowest BCUT2D eigenvalue weighted by Crippen LogP contribution is -2.54. The van der Waals surface area contributed by atoms with Crippen LogP contribution in [0.4, 0.5) is 5.69 Å². The molecule has 0 spiro atoms. The van der Waals surface area contributed by atoms with E-state index in [1.807, 2.05) is 87.3 Å². The summed E-state index contributed by atoms with van der Waals surface area (Å²) in [6.45, 7) is 11.1. The van der Waals surface area contributed by atoms with Gasteiger partial charge in [-0.2, -0.15) is 0 Å². The second-order valence-corrected chi connectivity index (χ2v) is 22.8. The van der Waals surface area contributed by atoms with Crippen LogP contribution in [0.5, 0.6) is 0 Å². The predicted molar refractivity (Wildman–Crippen MR) is 296 cm³/mol. The average molecular weight is 1070 g/mol. The number of hydrogen-bond acceptors (Lipinski definition) is 11. The van der Waals surface area contributed by atoms with Gasteiger partial charge < -0.3 is 29.5 Å². The summed E-state index contributed by atoms with van der Waals surface area (Å²) in [5, 5.41) is 2.94. The topological polar surface area (TPSA) is 183 Å². The Hall–Kier alpha value is -5.58. The van der Waals surface area contributed by atoms with Gasteiger partial charge in [0.15, 0.2) is 5.78 Å². The van der Waals surface area contributed by atoms with Gasteiger partial charge in [-0.05, 0) is 99.4 Å². The van der Waals surface area contributed by atoms with Crippen molar-refractivity contribution in [2.45, 2.75) is 167 Å². The molecular formula is C61H88N6O10. The molecule has 3 fully saturated rings. The van der Waals surface area contributed by atoms with E-state index in [1.54, 1.807) is 38.1 Å². The van der Waals surface area contributed by atoms with Gasteiger partial charge in [0.05, 0.1) is 36.8 Å². The van der Waals surface area contributed by atoms with Crippen molar-refractivity contribution in [2.75, 3.05) is 53.4 Å². The fraction of sp³-hybridized carbons (Fsp3) is 0.639. The third kappa shape index (κ3) is 15.2. The number of anilines is 1. The number of piperidine rings is 1. The number of fused-ring (bicyclic) bond motifs is 2. The Labute approximate surface area is 458 Å². The zero-order valence-corrected chi connectivity index (χ0v) is 47.6. The molecule has 4 aliphatic rings. The molecule has 2 bridgehead atoms. The maximum absolute atomic E-state index is 14.6. The number of carbonyl (C=O) groups is 8. The minimum Gasteiger partial charge on any atom is -0.379 e. The molecule has 0 aromatic heterocycles. The number of likely N-dealkylation sites (N-methyl/N-ethyl adjacent to an activating group) is 2. The van der Waals surface area contributed by atoms with Gasteiger partial charge in [0.25, 0.3) is 11.8 Å². The van der Waals surface area contributed by atoms with Crippen molar-refractivity contribution in [3.05, 3.63) is 77.9 Å². The number of rotatable bonds is 30. The molecule has 11 atom stereocenters. The van der Waals surface area contributed by atoms with Gasteiger partial charge in [-0.3, -0.25) is 48.2 Å². The fourth-order valence-corrected chi connectivity index (χ4v) is 12.7. The molecule has 6 rings (SSSR count). The lowest BCUT2D eigenvalue weighted by Gasteiger charge is -2.41. The molecule has 2 saturated heterocycles. The average Bonchev–Trinajstić information content (AvgIpc) is 4.27. The Morgan fingerprint density at radius 1 is 0.792 bits per heavy atom. The van der Waals surface area contributed by atoms with Crippen LogP contribution >= 0.6 is 0 Å². The number of ether oxygens (including phenoxy) is 2. The summed E-state index contributed by atoms with van der Waals surface area (Å²) in [6.07, 6.45) is 9.36. The van der Waals surface area contributed by atoms with Crippen molar-refractivity contribution in [3.8, 4) is 0 Å². The number of unbranched alkanes of at least 4 members (excludes halogenated alkanes) is 2. The molecule has 16 nitrogen and oxygen atoms in total. The summed E-state index contributed by atoms with van der Waals surface area (Å²) in [6, 6.07) is 16.5. The van der Waals surface area contributed by atoms with Gasteiger partial charge >= 0.3 is 0 Å². The largest absolute Gasteiger partial charge is 0.379 e. The van der Waals surface area contributed by atoms with E-state index in [9.17, 15) is 38.4 Å². The molecule has 2 aromatic rings. The Bertz CT molecular complexity index is 2370. The highest BCUT2D eigenvalue weighted by molar-refractivity contribution is 6.12. The molecule has 1 aliphatic carbocycles. The molecule has 1 N–H and O–H groups in total. The molecule has 16 heteroatoms. The smallest absolute Gasteiger partial charge is 0.253 e. The number of nitrogens with zero attached hydrogens (tertiary/aromatic N) is 5. The van der Waals surface area contributed by atoms with Crippen LogP contribution < -0.4 is 10.2 Å². The van der Waals surface area contributed by atoms with Crippen LogP contribution in [0.3, 0.4) is 0 Å². The summed E-state index contributed by atoms with van der Waals surface area (Å²) in [7, 11) is 8.69. The Kier molecular flexibility index (Phi) is 22.3. The summed E-state index contributed by atoms with van der Waals surface area (Å²) in [4.78, 5) is 117. The van der Waals surface area contributed by atoms with Crippen LogP contribution in [-0.4, -0.2) is 151 Å². The standard InChI is InChI=1S/C61H88N6O10/c1-11-40(4)57(65(8)61(75)48(39(2)3)36-51(69)58-44-25-28-47(34-44)63(58)6)52(76-9)37-56(73)66-32-18-21-49(66)59(77-10)41(5)50(68)35-45(33-42-19-14-12-15-20-42)60(74)64(7)46-26-23-43(24-27-46)38-62-53(70)22-16-13-17-31-67-54(71)29-30-55(67)72/h12,14-15,19-20,23-24,26-27,29-30,39-41,44-45,47-49,52,57-59H,11,13,16-18,21-22,25,28,31-38H2,1-10H3,(H,62,70)/t40-,41-,44-,45+,47+,48-,49-,52+,57-,58-,59+/m0/s1. The summed E-state index contributed by atoms with van der Waals surface area (Å²) in [5.74, 6) is -2.78. The summed E-state index contributed by atoms with van der Waals surface area (Å²) in [5.41, 5.74) is 2.41. The minimum atomic E-state index is -0.699. The van der Waals surface area contributed by atoms with Crippen LogP contribution in [0.2, 0.25) is 0 Å². The number of imide groups is 1. The minimum absolute atomic E-state index is 0.0178. The molecule has 77 heavy (non-hydrogen) atoms. The van der Waals surface area contributed by atoms with E-state index < -0.39 is 42.0 Å². The van der Waals surface area contributed by atoms with Crippen molar-refractivity contribution in [3.63, 3.8) is 0 Å². The number of methoxy groups -OCH3 is 2. The molecule has 3 heterocycles. The lowest BCUT2D eigenvalue weighted by atomic mass is 9.83. The molecule has 0 unspecified atom stereocenters. The SMILES string of the molecule is CC[C@H](C)[C@@H]([C@@H](CC(=O)N1CCC[C@H]1[C@H](OC)[C@@H](C)C(=O)C[C@@H](Cc1ccccc1)C(=O)N(C)c1ccc(CNC(=O)CCCCCN2C(=O)C=CC2=O)cc1)OC)N(C)C(=O)[C@@H](CC(=O)[C@@H]1[C@H]2CC[C@H](C2)N1C)C(C)C. The van der Waals surface area contributed by atoms with Crippen LogP contribution in [0.25, 0.3) is 0 Å². The first kappa shape index (κ1) is 60.6. The van der Waals surface area contributed by atoms with Gasteiger partial charge in [-0.25, -0.2) is 0 Å². The van der Waals surface area contributed by atoms with Crippen molar-refractivity contribution in [1.82, 2.24) is 24.9 Å². The zero-order chi connectivity index (χ0) is 56.1. The first-order valence-electron chi connectivity index (χ1n) is 28.4. The van der Waals surface area contributed by atoms with Crippen LogP contribution in [0.1, 0.15) is 129 Å². The highest BCUT2D eigenvalue weighted by atomic mass is 16.5. The summed E-state index contributed by atoms with van der Waals surface area (Å²) >= 11 is 0. The number of nitrogens with one attached hydrogen (secondary N) is 1. The highest BCUT2D eigenvalue weighted by Gasteiger charge is 2.49. The van der Waals surface area contributed by atoms with E-state index >= 15 is 0 Å². The Balaban J connectivity index is 1.06. The molecule has 3 aliphatic heterocycles. The van der Waals surface area contributed by atoms with E-state index in [0.717, 1.165) is 43.2 Å². The number of benzene rings is 2. The quantitative estimate of drug-likeness (QED) is 0.0617.